The summed E-state index contributed by atoms with van der Waals surface area (Å²) in [5.41, 5.74) is 2.90. The third-order valence-corrected chi connectivity index (χ3v) is 4.65. The highest BCUT2D eigenvalue weighted by Crippen LogP contribution is 2.12. The Balaban J connectivity index is 1.96. The Morgan fingerprint density at radius 2 is 2.40 bits per heavy atom. The molecule has 1 rings (SSSR count). The van der Waals surface area contributed by atoms with Gasteiger partial charge in [0.05, 0.1) is 30.5 Å². The van der Waals surface area contributed by atoms with Gasteiger partial charge >= 0.3 is 0 Å². The van der Waals surface area contributed by atoms with Crippen LogP contribution in [0.4, 0.5) is 0 Å². The van der Waals surface area contributed by atoms with Crippen molar-refractivity contribution in [3.8, 4) is 0 Å². The second-order valence-electron chi connectivity index (χ2n) is 4.67. The van der Waals surface area contributed by atoms with Gasteiger partial charge in [0.25, 0.3) is 0 Å². The first-order valence-corrected chi connectivity index (χ1v) is 9.35. The molecule has 2 unspecified atom stereocenters. The lowest BCUT2D eigenvalue weighted by Crippen LogP contribution is -2.31. The Labute approximate surface area is 127 Å². The van der Waals surface area contributed by atoms with Crippen molar-refractivity contribution in [1.82, 2.24) is 10.3 Å². The van der Waals surface area contributed by atoms with E-state index in [4.69, 9.17) is 4.74 Å². The molecule has 5 nitrogen and oxygen atoms in total. The third-order valence-electron chi connectivity index (χ3n) is 2.79. The number of aliphatic hydroxyl groups is 1. The molecule has 0 bridgehead atoms. The smallest absolute Gasteiger partial charge is 0.0897 e. The van der Waals surface area contributed by atoms with Crippen molar-refractivity contribution in [3.63, 3.8) is 0 Å². The maximum atomic E-state index is 10.8. The van der Waals surface area contributed by atoms with E-state index in [1.54, 1.807) is 17.6 Å². The summed E-state index contributed by atoms with van der Waals surface area (Å²) >= 11 is 1.64. The Morgan fingerprint density at radius 1 is 1.60 bits per heavy atom. The highest BCUT2D eigenvalue weighted by Gasteiger charge is 2.05. The molecule has 2 N–H and O–H groups in total. The fourth-order valence-corrected chi connectivity index (χ4v) is 2.99. The number of thiazole rings is 1. The molecule has 0 saturated heterocycles. The minimum Gasteiger partial charge on any atom is -0.389 e. The van der Waals surface area contributed by atoms with Crippen molar-refractivity contribution in [2.75, 3.05) is 38.3 Å². The van der Waals surface area contributed by atoms with Gasteiger partial charge in [-0.05, 0) is 19.9 Å². The molecule has 0 aliphatic heterocycles. The van der Waals surface area contributed by atoms with Gasteiger partial charge < -0.3 is 15.2 Å². The summed E-state index contributed by atoms with van der Waals surface area (Å²) in [4.78, 5) is 5.42. The van der Waals surface area contributed by atoms with Crippen LogP contribution in [0.3, 0.4) is 0 Å². The molecule has 1 aromatic heterocycles. The van der Waals surface area contributed by atoms with Crippen LogP contribution in [0, 0.1) is 6.92 Å². The number of aryl methyl sites for hydroxylation is 1. The van der Waals surface area contributed by atoms with Gasteiger partial charge in [-0.1, -0.05) is 0 Å². The third kappa shape index (κ3) is 8.06. The van der Waals surface area contributed by atoms with Crippen molar-refractivity contribution < 1.29 is 14.1 Å². The Morgan fingerprint density at radius 3 is 3.05 bits per heavy atom. The lowest BCUT2D eigenvalue weighted by Gasteiger charge is -2.12. The molecule has 0 spiro atoms. The summed E-state index contributed by atoms with van der Waals surface area (Å²) in [7, 11) is -0.734. The van der Waals surface area contributed by atoms with Crippen LogP contribution in [0.25, 0.3) is 0 Å². The average Bonchev–Trinajstić information content (AvgIpc) is 2.79. The Bertz CT molecular complexity index is 399. The van der Waals surface area contributed by atoms with Gasteiger partial charge in [0.2, 0.25) is 0 Å². The number of aliphatic hydroxyl groups excluding tert-OH is 1. The fraction of sp³-hybridized carbons (Fsp3) is 0.769. The standard InChI is InChI=1S/C13H24N2O3S2/c1-11-13(19-10-15-11)4-6-18-9-12(16)8-14-5-3-7-20(2)17/h10,12,14,16H,3-9H2,1-2H3. The van der Waals surface area contributed by atoms with Crippen molar-refractivity contribution >= 4 is 22.1 Å². The first-order chi connectivity index (χ1) is 9.59. The van der Waals surface area contributed by atoms with Gasteiger partial charge in [-0.3, -0.25) is 4.21 Å². The molecule has 0 aliphatic carbocycles. The van der Waals surface area contributed by atoms with E-state index in [1.807, 2.05) is 12.4 Å². The molecule has 116 valence electrons. The Hall–Kier alpha value is -0.340. The van der Waals surface area contributed by atoms with E-state index >= 15 is 0 Å². The zero-order valence-corrected chi connectivity index (χ0v) is 13.8. The molecule has 0 aromatic carbocycles. The van der Waals surface area contributed by atoms with Crippen LogP contribution in [0.2, 0.25) is 0 Å². The first-order valence-electron chi connectivity index (χ1n) is 6.75. The van der Waals surface area contributed by atoms with Gasteiger partial charge in [0.1, 0.15) is 0 Å². The number of aromatic nitrogens is 1. The molecule has 0 radical (unpaired) electrons. The normalized spacial score (nSPS) is 14.3. The fourth-order valence-electron chi connectivity index (χ4n) is 1.68. The first kappa shape index (κ1) is 17.7. The number of rotatable bonds is 11. The molecule has 7 heteroatoms. The van der Waals surface area contributed by atoms with E-state index in [2.05, 4.69) is 10.3 Å². The van der Waals surface area contributed by atoms with Crippen LogP contribution in [0.15, 0.2) is 5.51 Å². The average molecular weight is 320 g/mol. The van der Waals surface area contributed by atoms with Crippen LogP contribution in [-0.4, -0.2) is 58.7 Å². The summed E-state index contributed by atoms with van der Waals surface area (Å²) in [6.45, 7) is 4.22. The van der Waals surface area contributed by atoms with E-state index in [0.717, 1.165) is 25.1 Å². The lowest BCUT2D eigenvalue weighted by molar-refractivity contribution is 0.0386. The monoisotopic (exact) mass is 320 g/mol. The lowest BCUT2D eigenvalue weighted by atomic mass is 10.3. The molecule has 0 saturated carbocycles. The minimum absolute atomic E-state index is 0.338. The molecule has 20 heavy (non-hydrogen) atoms. The second kappa shape index (κ2) is 10.4. The minimum atomic E-state index is -0.734. The van der Waals surface area contributed by atoms with Crippen molar-refractivity contribution in [2.45, 2.75) is 25.9 Å². The molecule has 0 fully saturated rings. The van der Waals surface area contributed by atoms with E-state index in [1.165, 1.54) is 4.88 Å². The predicted octanol–water partition coefficient (Wildman–Crippen LogP) is 0.730. The topological polar surface area (TPSA) is 71.5 Å². The van der Waals surface area contributed by atoms with E-state index < -0.39 is 16.9 Å². The van der Waals surface area contributed by atoms with Crippen molar-refractivity contribution in [1.29, 1.82) is 0 Å². The quantitative estimate of drug-likeness (QED) is 0.588. The number of ether oxygens (including phenoxy) is 1. The number of hydrogen-bond donors (Lipinski definition) is 2. The highest BCUT2D eigenvalue weighted by molar-refractivity contribution is 7.84. The van der Waals surface area contributed by atoms with E-state index in [9.17, 15) is 9.32 Å². The van der Waals surface area contributed by atoms with Gasteiger partial charge in [-0.25, -0.2) is 4.98 Å². The number of nitrogens with zero attached hydrogens (tertiary/aromatic N) is 1. The second-order valence-corrected chi connectivity index (χ2v) is 7.17. The zero-order valence-electron chi connectivity index (χ0n) is 12.1. The molecule has 2 atom stereocenters. The van der Waals surface area contributed by atoms with Crippen LogP contribution in [-0.2, 0) is 22.0 Å². The van der Waals surface area contributed by atoms with Crippen molar-refractivity contribution in [3.05, 3.63) is 16.1 Å². The highest BCUT2D eigenvalue weighted by atomic mass is 32.2. The maximum absolute atomic E-state index is 10.8. The van der Waals surface area contributed by atoms with E-state index in [0.29, 0.717) is 25.5 Å². The Kier molecular flexibility index (Phi) is 9.21. The molecule has 1 aromatic rings. The van der Waals surface area contributed by atoms with Crippen LogP contribution in [0.5, 0.6) is 0 Å². The largest absolute Gasteiger partial charge is 0.389 e. The number of hydrogen-bond acceptors (Lipinski definition) is 6. The maximum Gasteiger partial charge on any atom is 0.0897 e. The predicted molar refractivity (Wildman–Crippen MR) is 83.8 cm³/mol. The summed E-state index contributed by atoms with van der Waals surface area (Å²) < 4.78 is 16.3. The molecular weight excluding hydrogens is 296 g/mol. The molecule has 1 heterocycles. The van der Waals surface area contributed by atoms with Gasteiger partial charge in [-0.15, -0.1) is 11.3 Å². The van der Waals surface area contributed by atoms with Gasteiger partial charge in [0.15, 0.2) is 0 Å². The van der Waals surface area contributed by atoms with Crippen LogP contribution >= 0.6 is 11.3 Å². The SMILES string of the molecule is Cc1ncsc1CCOCC(O)CNCCCS(C)=O. The zero-order chi connectivity index (χ0) is 14.8. The summed E-state index contributed by atoms with van der Waals surface area (Å²) in [6.07, 6.45) is 2.91. The van der Waals surface area contributed by atoms with Gasteiger partial charge in [-0.2, -0.15) is 0 Å². The van der Waals surface area contributed by atoms with E-state index in [-0.39, 0.29) is 0 Å². The summed E-state index contributed by atoms with van der Waals surface area (Å²) in [5, 5.41) is 12.8. The molecule has 0 aliphatic rings. The summed E-state index contributed by atoms with van der Waals surface area (Å²) in [5.74, 6) is 0.702. The number of nitrogens with one attached hydrogen (secondary N) is 1. The van der Waals surface area contributed by atoms with Crippen LogP contribution < -0.4 is 5.32 Å². The molecular formula is C13H24N2O3S2. The summed E-state index contributed by atoms with van der Waals surface area (Å²) in [6, 6.07) is 0. The molecule has 0 amide bonds. The van der Waals surface area contributed by atoms with Gasteiger partial charge in [0, 0.05) is 40.7 Å². The van der Waals surface area contributed by atoms with Crippen molar-refractivity contribution in [2.24, 2.45) is 0 Å². The van der Waals surface area contributed by atoms with Crippen LogP contribution in [0.1, 0.15) is 17.0 Å².